The molecule has 0 radical (unpaired) electrons. The summed E-state index contributed by atoms with van der Waals surface area (Å²) in [6.45, 7) is 4.10. The van der Waals surface area contributed by atoms with E-state index in [4.69, 9.17) is 9.57 Å². The van der Waals surface area contributed by atoms with Crippen LogP contribution in [-0.2, 0) is 16.2 Å². The Morgan fingerprint density at radius 3 is 2.50 bits per heavy atom. The quantitative estimate of drug-likeness (QED) is 0.613. The van der Waals surface area contributed by atoms with Crippen LogP contribution in [0.15, 0.2) is 53.7 Å². The Kier molecular flexibility index (Phi) is 5.95. The van der Waals surface area contributed by atoms with Gasteiger partial charge < -0.3 is 9.57 Å². The van der Waals surface area contributed by atoms with Crippen molar-refractivity contribution in [2.45, 2.75) is 20.5 Å². The number of anilines is 1. The van der Waals surface area contributed by atoms with Crippen LogP contribution in [0.25, 0.3) is 0 Å². The maximum Gasteiger partial charge on any atom is 0.413 e. The number of benzene rings is 2. The van der Waals surface area contributed by atoms with Gasteiger partial charge in [0.25, 0.3) is 0 Å². The average molecular weight is 326 g/mol. The van der Waals surface area contributed by atoms with Crippen molar-refractivity contribution in [3.8, 4) is 0 Å². The highest BCUT2D eigenvalue weighted by atomic mass is 16.6. The fourth-order valence-corrected chi connectivity index (χ4v) is 2.48. The van der Waals surface area contributed by atoms with Crippen molar-refractivity contribution in [2.75, 3.05) is 19.1 Å². The van der Waals surface area contributed by atoms with Crippen LogP contribution in [-0.4, -0.2) is 26.0 Å². The first kappa shape index (κ1) is 17.5. The SMILES string of the molecule is COC(=O)N(C)c1c(C)cccc1CO/N=C(\C)c1ccccc1. The number of rotatable bonds is 5. The third-order valence-electron chi connectivity index (χ3n) is 3.72. The molecular formula is C19H22N2O3. The molecule has 0 heterocycles. The summed E-state index contributed by atoms with van der Waals surface area (Å²) in [7, 11) is 3.04. The zero-order chi connectivity index (χ0) is 17.5. The van der Waals surface area contributed by atoms with E-state index in [0.717, 1.165) is 28.1 Å². The van der Waals surface area contributed by atoms with Gasteiger partial charge in [-0.3, -0.25) is 4.90 Å². The number of aryl methyl sites for hydroxylation is 1. The molecule has 2 aromatic rings. The highest BCUT2D eigenvalue weighted by molar-refractivity contribution is 5.98. The van der Waals surface area contributed by atoms with Gasteiger partial charge in [-0.1, -0.05) is 53.7 Å². The van der Waals surface area contributed by atoms with Gasteiger partial charge in [-0.25, -0.2) is 4.79 Å². The van der Waals surface area contributed by atoms with Crippen molar-refractivity contribution in [3.05, 3.63) is 65.2 Å². The van der Waals surface area contributed by atoms with Gasteiger partial charge in [-0.2, -0.15) is 0 Å². The summed E-state index contributed by atoms with van der Waals surface area (Å²) in [5, 5.41) is 4.17. The number of para-hydroxylation sites is 1. The van der Waals surface area contributed by atoms with Gasteiger partial charge >= 0.3 is 6.09 Å². The molecule has 0 atom stereocenters. The third kappa shape index (κ3) is 4.13. The average Bonchev–Trinajstić information content (AvgIpc) is 2.61. The van der Waals surface area contributed by atoms with Crippen LogP contribution >= 0.6 is 0 Å². The molecule has 0 saturated heterocycles. The van der Waals surface area contributed by atoms with Crippen molar-refractivity contribution < 1.29 is 14.4 Å². The maximum absolute atomic E-state index is 11.8. The zero-order valence-electron chi connectivity index (χ0n) is 14.4. The molecule has 0 fully saturated rings. The topological polar surface area (TPSA) is 51.1 Å². The Labute approximate surface area is 142 Å². The van der Waals surface area contributed by atoms with Crippen LogP contribution in [0, 0.1) is 6.92 Å². The highest BCUT2D eigenvalue weighted by Gasteiger charge is 2.17. The molecule has 0 saturated carbocycles. The first-order valence-electron chi connectivity index (χ1n) is 7.66. The van der Waals surface area contributed by atoms with E-state index >= 15 is 0 Å². The van der Waals surface area contributed by atoms with E-state index in [1.807, 2.05) is 62.4 Å². The normalized spacial score (nSPS) is 11.1. The lowest BCUT2D eigenvalue weighted by atomic mass is 10.1. The van der Waals surface area contributed by atoms with Gasteiger partial charge in [-0.15, -0.1) is 0 Å². The van der Waals surface area contributed by atoms with Gasteiger partial charge in [0.05, 0.1) is 18.5 Å². The predicted octanol–water partition coefficient (Wildman–Crippen LogP) is 4.14. The van der Waals surface area contributed by atoms with Crippen molar-refractivity contribution >= 4 is 17.5 Å². The summed E-state index contributed by atoms with van der Waals surface area (Å²) >= 11 is 0. The van der Waals surface area contributed by atoms with Crippen LogP contribution < -0.4 is 4.90 Å². The first-order chi connectivity index (χ1) is 11.5. The Hall–Kier alpha value is -2.82. The second kappa shape index (κ2) is 8.15. The molecule has 2 aromatic carbocycles. The van der Waals surface area contributed by atoms with E-state index in [-0.39, 0.29) is 6.61 Å². The number of ether oxygens (including phenoxy) is 1. The maximum atomic E-state index is 11.8. The first-order valence-corrected chi connectivity index (χ1v) is 7.66. The van der Waals surface area contributed by atoms with Crippen LogP contribution in [0.3, 0.4) is 0 Å². The van der Waals surface area contributed by atoms with Crippen LogP contribution in [0.2, 0.25) is 0 Å². The Bertz CT molecular complexity index is 727. The number of amides is 1. The molecule has 1 amide bonds. The number of hydrogen-bond acceptors (Lipinski definition) is 4. The smallest absolute Gasteiger partial charge is 0.413 e. The van der Waals surface area contributed by atoms with E-state index in [1.54, 1.807) is 7.05 Å². The number of carbonyl (C=O) groups is 1. The van der Waals surface area contributed by atoms with E-state index in [9.17, 15) is 4.79 Å². The zero-order valence-corrected chi connectivity index (χ0v) is 14.4. The number of nitrogens with zero attached hydrogens (tertiary/aromatic N) is 2. The third-order valence-corrected chi connectivity index (χ3v) is 3.72. The number of hydrogen-bond donors (Lipinski definition) is 0. The minimum absolute atomic E-state index is 0.266. The van der Waals surface area contributed by atoms with Crippen molar-refractivity contribution in [1.82, 2.24) is 0 Å². The molecule has 0 spiro atoms. The Balaban J connectivity index is 2.16. The van der Waals surface area contributed by atoms with Crippen LogP contribution in [0.5, 0.6) is 0 Å². The molecule has 0 bridgehead atoms. The minimum Gasteiger partial charge on any atom is -0.452 e. The number of carbonyl (C=O) groups excluding carboxylic acids is 1. The summed E-state index contributed by atoms with van der Waals surface area (Å²) in [5.41, 5.74) is 4.41. The molecule has 0 aromatic heterocycles. The van der Waals surface area contributed by atoms with E-state index in [2.05, 4.69) is 5.16 Å². The molecule has 0 aliphatic rings. The number of oxime groups is 1. The molecule has 0 aliphatic heterocycles. The summed E-state index contributed by atoms with van der Waals surface area (Å²) < 4.78 is 4.80. The van der Waals surface area contributed by atoms with E-state index < -0.39 is 6.09 Å². The summed E-state index contributed by atoms with van der Waals surface area (Å²) in [5.74, 6) is 0. The van der Waals surface area contributed by atoms with Crippen molar-refractivity contribution in [2.24, 2.45) is 5.16 Å². The number of methoxy groups -OCH3 is 1. The lowest BCUT2D eigenvalue weighted by molar-refractivity contribution is 0.130. The van der Waals surface area contributed by atoms with Crippen molar-refractivity contribution in [1.29, 1.82) is 0 Å². The van der Waals surface area contributed by atoms with E-state index in [0.29, 0.717) is 0 Å². The second-order valence-corrected chi connectivity index (χ2v) is 5.43. The largest absolute Gasteiger partial charge is 0.452 e. The lowest BCUT2D eigenvalue weighted by Crippen LogP contribution is -2.27. The molecular weight excluding hydrogens is 304 g/mol. The molecule has 0 aliphatic carbocycles. The van der Waals surface area contributed by atoms with Crippen LogP contribution in [0.4, 0.5) is 10.5 Å². The predicted molar refractivity (Wildman–Crippen MR) is 95.4 cm³/mol. The molecule has 126 valence electrons. The fourth-order valence-electron chi connectivity index (χ4n) is 2.48. The van der Waals surface area contributed by atoms with Gasteiger partial charge in [0.2, 0.25) is 0 Å². The van der Waals surface area contributed by atoms with Crippen LogP contribution in [0.1, 0.15) is 23.6 Å². The standard InChI is InChI=1S/C19H22N2O3/c1-14-9-8-12-17(18(14)21(3)19(22)23-4)13-24-20-15(2)16-10-6-5-7-11-16/h5-12H,13H2,1-4H3/b20-15+. The summed E-state index contributed by atoms with van der Waals surface area (Å²) in [6, 6.07) is 15.6. The Morgan fingerprint density at radius 1 is 1.12 bits per heavy atom. The molecule has 24 heavy (non-hydrogen) atoms. The lowest BCUT2D eigenvalue weighted by Gasteiger charge is -2.21. The van der Waals surface area contributed by atoms with Gasteiger partial charge in [0, 0.05) is 12.6 Å². The minimum atomic E-state index is -0.422. The monoisotopic (exact) mass is 326 g/mol. The van der Waals surface area contributed by atoms with Crippen molar-refractivity contribution in [3.63, 3.8) is 0 Å². The Morgan fingerprint density at radius 2 is 1.83 bits per heavy atom. The summed E-state index contributed by atoms with van der Waals surface area (Å²) in [4.78, 5) is 18.8. The molecule has 0 N–H and O–H groups in total. The molecule has 5 nitrogen and oxygen atoms in total. The van der Waals surface area contributed by atoms with Gasteiger partial charge in [-0.05, 0) is 25.0 Å². The van der Waals surface area contributed by atoms with Gasteiger partial charge in [0.1, 0.15) is 6.61 Å². The van der Waals surface area contributed by atoms with Gasteiger partial charge in [0.15, 0.2) is 0 Å². The molecule has 0 unspecified atom stereocenters. The summed E-state index contributed by atoms with van der Waals surface area (Å²) in [6.07, 6.45) is -0.422. The van der Waals surface area contributed by atoms with E-state index in [1.165, 1.54) is 12.0 Å². The fraction of sp³-hybridized carbons (Fsp3) is 0.263. The molecule has 2 rings (SSSR count). The second-order valence-electron chi connectivity index (χ2n) is 5.43. The highest BCUT2D eigenvalue weighted by Crippen LogP contribution is 2.25. The molecule has 5 heteroatoms.